The van der Waals surface area contributed by atoms with Crippen LogP contribution in [-0.2, 0) is 5.41 Å². The molecule has 4 heteroatoms. The summed E-state index contributed by atoms with van der Waals surface area (Å²) >= 11 is 0. The van der Waals surface area contributed by atoms with E-state index in [1.807, 2.05) is 89.3 Å². The maximum atomic E-state index is 12.0. The summed E-state index contributed by atoms with van der Waals surface area (Å²) in [5.41, 5.74) is 16.8. The molecule has 0 radical (unpaired) electrons. The SMILES string of the molecule is [2H]C(C)(C)c1ccc(-c2ccnc(-c3cc(-c4ccccc4)cc(-c4cccc5c4nc(-c4cc(C(C)(C)C)cc(C)c4O)n5-c4ccc(C([2H])(C)C)cc4-c4ccccc4)c3)c2)cc1. The van der Waals surface area contributed by atoms with Crippen LogP contribution in [0.1, 0.15) is 85.2 Å². The molecule has 0 saturated heterocycles. The molecule has 2 aromatic heterocycles. The van der Waals surface area contributed by atoms with Crippen molar-refractivity contribution in [2.75, 3.05) is 0 Å². The maximum absolute atomic E-state index is 12.0. The minimum atomic E-state index is -0.828. The zero-order valence-corrected chi connectivity index (χ0v) is 37.5. The van der Waals surface area contributed by atoms with Crippen LogP contribution in [0.4, 0.5) is 0 Å². The zero-order valence-electron chi connectivity index (χ0n) is 39.5. The number of hydrogen-bond donors (Lipinski definition) is 1. The number of aromatic nitrogens is 3. The number of phenols is 1. The van der Waals surface area contributed by atoms with Crippen molar-refractivity contribution in [2.45, 2.75) is 72.6 Å². The molecule has 0 saturated carbocycles. The lowest BCUT2D eigenvalue weighted by Crippen LogP contribution is -2.12. The normalized spacial score (nSPS) is 12.6. The fraction of sp³-hybridized carbons (Fsp3) is 0.186. The summed E-state index contributed by atoms with van der Waals surface area (Å²) in [7, 11) is 0. The van der Waals surface area contributed by atoms with E-state index in [0.717, 1.165) is 94.7 Å². The molecule has 0 aliphatic heterocycles. The lowest BCUT2D eigenvalue weighted by atomic mass is 9.84. The van der Waals surface area contributed by atoms with Crippen molar-refractivity contribution in [1.29, 1.82) is 0 Å². The topological polar surface area (TPSA) is 50.9 Å². The molecular formula is C59H55N3O. The van der Waals surface area contributed by atoms with Crippen molar-refractivity contribution >= 4 is 11.0 Å². The number of benzene rings is 7. The van der Waals surface area contributed by atoms with E-state index in [4.69, 9.17) is 12.7 Å². The van der Waals surface area contributed by atoms with E-state index in [1.165, 1.54) is 0 Å². The molecule has 9 aromatic rings. The first-order chi connectivity index (χ1) is 30.9. The second kappa shape index (κ2) is 16.7. The largest absolute Gasteiger partial charge is 0.507 e. The van der Waals surface area contributed by atoms with Crippen molar-refractivity contribution in [3.8, 4) is 78.6 Å². The molecule has 0 spiro atoms. The van der Waals surface area contributed by atoms with Gasteiger partial charge in [-0.05, 0) is 134 Å². The molecule has 0 bridgehead atoms. The van der Waals surface area contributed by atoms with Crippen LogP contribution in [0, 0.1) is 6.92 Å². The molecule has 2 heterocycles. The Balaban J connectivity index is 1.31. The second-order valence-corrected chi connectivity index (χ2v) is 18.2. The predicted octanol–water partition coefficient (Wildman–Crippen LogP) is 16.0. The first kappa shape index (κ1) is 38.9. The van der Waals surface area contributed by atoms with Crippen molar-refractivity contribution in [3.05, 3.63) is 192 Å². The standard InChI is InChI=1S/C59H55N3O/c1-37(2)40-22-24-42(25-23-40)45-28-29-60-53(35-45)48-32-46(41-16-11-9-12-17-41)31-47(33-48)50-20-15-21-55-56(50)61-58(52-36-49(59(6,7)8)30-39(5)57(52)63)62(55)54-27-26-44(38(3)4)34-51(54)43-18-13-10-14-19-43/h9-38,63H,1-8H3/i37D,38D. The molecule has 0 aliphatic rings. The molecular weight excluding hydrogens is 767 g/mol. The minimum Gasteiger partial charge on any atom is -0.507 e. The molecule has 0 atom stereocenters. The van der Waals surface area contributed by atoms with Gasteiger partial charge in [0.1, 0.15) is 11.6 Å². The van der Waals surface area contributed by atoms with Gasteiger partial charge in [-0.15, -0.1) is 0 Å². The minimum absolute atomic E-state index is 0.187. The number of fused-ring (bicyclic) bond motifs is 1. The Bertz CT molecular complexity index is 3200. The lowest BCUT2D eigenvalue weighted by molar-refractivity contribution is 0.471. The number of aromatic hydroxyl groups is 1. The van der Waals surface area contributed by atoms with Crippen molar-refractivity contribution in [1.82, 2.24) is 14.5 Å². The third-order valence-corrected chi connectivity index (χ3v) is 12.2. The van der Waals surface area contributed by atoms with Gasteiger partial charge in [-0.2, -0.15) is 0 Å². The van der Waals surface area contributed by atoms with Crippen LogP contribution in [0.25, 0.3) is 83.9 Å². The average molecular weight is 824 g/mol. The van der Waals surface area contributed by atoms with Crippen molar-refractivity contribution in [3.63, 3.8) is 0 Å². The van der Waals surface area contributed by atoms with E-state index in [9.17, 15) is 5.11 Å². The van der Waals surface area contributed by atoms with Gasteiger partial charge in [0.2, 0.25) is 0 Å². The summed E-state index contributed by atoms with van der Waals surface area (Å²) in [5, 5.41) is 12.0. The van der Waals surface area contributed by atoms with Gasteiger partial charge in [0.15, 0.2) is 0 Å². The first-order valence-corrected chi connectivity index (χ1v) is 21.8. The highest BCUT2D eigenvalue weighted by Crippen LogP contribution is 2.44. The van der Waals surface area contributed by atoms with Crippen LogP contribution in [0.5, 0.6) is 5.75 Å². The molecule has 7 aromatic carbocycles. The van der Waals surface area contributed by atoms with Crippen LogP contribution in [-0.4, -0.2) is 19.6 Å². The van der Waals surface area contributed by atoms with Crippen molar-refractivity contribution in [2.24, 2.45) is 0 Å². The summed E-state index contributed by atoms with van der Waals surface area (Å²) < 4.78 is 19.7. The lowest BCUT2D eigenvalue weighted by Gasteiger charge is -2.22. The number of rotatable bonds is 9. The molecule has 4 nitrogen and oxygen atoms in total. The number of pyridine rings is 1. The number of imidazole rings is 1. The van der Waals surface area contributed by atoms with E-state index < -0.39 is 11.8 Å². The Hall–Kier alpha value is -7.04. The summed E-state index contributed by atoms with van der Waals surface area (Å²) in [4.78, 5) is 10.5. The highest BCUT2D eigenvalue weighted by Gasteiger charge is 2.26. The molecule has 0 amide bonds. The summed E-state index contributed by atoms with van der Waals surface area (Å²) in [6, 6.07) is 56.7. The molecule has 0 fully saturated rings. The number of para-hydroxylation sites is 1. The molecule has 1 N–H and O–H groups in total. The van der Waals surface area contributed by atoms with E-state index in [0.29, 0.717) is 11.4 Å². The van der Waals surface area contributed by atoms with Gasteiger partial charge >= 0.3 is 0 Å². The Morgan fingerprint density at radius 2 is 1.17 bits per heavy atom. The van der Waals surface area contributed by atoms with Gasteiger partial charge in [0, 0.05) is 25.6 Å². The van der Waals surface area contributed by atoms with Gasteiger partial charge in [0.25, 0.3) is 0 Å². The Morgan fingerprint density at radius 1 is 0.540 bits per heavy atom. The molecule has 312 valence electrons. The summed E-state index contributed by atoms with van der Waals surface area (Å²) in [5.74, 6) is -0.688. The second-order valence-electron chi connectivity index (χ2n) is 18.2. The van der Waals surface area contributed by atoms with Gasteiger partial charge < -0.3 is 5.11 Å². The van der Waals surface area contributed by atoms with Gasteiger partial charge in [-0.3, -0.25) is 9.55 Å². The monoisotopic (exact) mass is 823 g/mol. The molecule has 9 rings (SSSR count). The number of hydrogen-bond acceptors (Lipinski definition) is 3. The van der Waals surface area contributed by atoms with E-state index in [2.05, 4.69) is 141 Å². The van der Waals surface area contributed by atoms with Gasteiger partial charge in [0.05, 0.1) is 28.0 Å². The zero-order chi connectivity index (χ0) is 45.8. The Labute approximate surface area is 375 Å². The van der Waals surface area contributed by atoms with Crippen LogP contribution in [0.15, 0.2) is 170 Å². The molecule has 0 unspecified atom stereocenters. The number of aryl methyl sites for hydroxylation is 1. The summed E-state index contributed by atoms with van der Waals surface area (Å²) in [6.07, 6.45) is 1.87. The maximum Gasteiger partial charge on any atom is 0.149 e. The average Bonchev–Trinajstić information content (AvgIpc) is 3.68. The van der Waals surface area contributed by atoms with Crippen LogP contribution < -0.4 is 0 Å². The number of nitrogens with zero attached hydrogens (tertiary/aromatic N) is 3. The highest BCUT2D eigenvalue weighted by atomic mass is 16.3. The Kier molecular flexibility index (Phi) is 10.3. The van der Waals surface area contributed by atoms with Crippen molar-refractivity contribution < 1.29 is 7.85 Å². The number of phenolic OH excluding ortho intramolecular Hbond substituents is 1. The van der Waals surface area contributed by atoms with Gasteiger partial charge in [-0.1, -0.05) is 158 Å². The third-order valence-electron chi connectivity index (χ3n) is 12.2. The fourth-order valence-electron chi connectivity index (χ4n) is 8.52. The first-order valence-electron chi connectivity index (χ1n) is 22.8. The van der Waals surface area contributed by atoms with E-state index in [-0.39, 0.29) is 11.2 Å². The molecule has 63 heavy (non-hydrogen) atoms. The Morgan fingerprint density at radius 3 is 1.86 bits per heavy atom. The van der Waals surface area contributed by atoms with Crippen LogP contribution in [0.2, 0.25) is 0 Å². The van der Waals surface area contributed by atoms with Gasteiger partial charge in [-0.25, -0.2) is 4.98 Å². The van der Waals surface area contributed by atoms with Crippen LogP contribution >= 0.6 is 0 Å². The van der Waals surface area contributed by atoms with Crippen LogP contribution in [0.3, 0.4) is 0 Å². The van der Waals surface area contributed by atoms with E-state index in [1.54, 1.807) is 0 Å². The quantitative estimate of drug-likeness (QED) is 0.158. The smallest absolute Gasteiger partial charge is 0.149 e. The van der Waals surface area contributed by atoms with E-state index >= 15 is 0 Å². The molecule has 0 aliphatic carbocycles. The fourth-order valence-corrected chi connectivity index (χ4v) is 8.52. The summed E-state index contributed by atoms with van der Waals surface area (Å²) in [6.45, 7) is 16.2. The third kappa shape index (κ3) is 8.10. The highest BCUT2D eigenvalue weighted by molar-refractivity contribution is 5.98. The predicted molar refractivity (Wildman–Crippen MR) is 265 cm³/mol.